The van der Waals surface area contributed by atoms with Gasteiger partial charge in [-0.25, -0.2) is 0 Å². The quantitative estimate of drug-likeness (QED) is 0.443. The monoisotopic (exact) mass is 336 g/mol. The van der Waals surface area contributed by atoms with E-state index in [1.54, 1.807) is 24.3 Å². The van der Waals surface area contributed by atoms with Gasteiger partial charge in [0.2, 0.25) is 11.8 Å². The van der Waals surface area contributed by atoms with Gasteiger partial charge in [0.1, 0.15) is 6.04 Å². The Hall–Kier alpha value is -1.96. The fourth-order valence-electron chi connectivity index (χ4n) is 2.08. The second-order valence-corrected chi connectivity index (χ2v) is 6.11. The molecule has 1 rings (SSSR count). The largest absolute Gasteiger partial charge is 0.392 e. The number of aliphatic hydroxyl groups is 1. The van der Waals surface area contributed by atoms with Crippen LogP contribution in [0.15, 0.2) is 24.3 Å². The second kappa shape index (κ2) is 10.0. The van der Waals surface area contributed by atoms with E-state index in [9.17, 15) is 9.59 Å². The van der Waals surface area contributed by atoms with Crippen LogP contribution < -0.4 is 22.1 Å². The number of carbonyl (C=O) groups excluding carboxylic acids is 2. The molecule has 1 aromatic carbocycles. The van der Waals surface area contributed by atoms with Crippen LogP contribution in [0.1, 0.15) is 32.3 Å². The van der Waals surface area contributed by atoms with Gasteiger partial charge < -0.3 is 27.2 Å². The SMILES string of the molecule is CC(C)[C@H](N)C(=O)N[C@@H](CCCN)C(=O)Nc1ccc(CO)cc1. The molecule has 0 saturated carbocycles. The van der Waals surface area contributed by atoms with E-state index in [1.807, 2.05) is 13.8 Å². The first-order chi connectivity index (χ1) is 11.4. The van der Waals surface area contributed by atoms with E-state index in [0.717, 1.165) is 5.56 Å². The molecule has 0 unspecified atom stereocenters. The molecule has 0 bridgehead atoms. The Morgan fingerprint density at radius 1 is 1.17 bits per heavy atom. The van der Waals surface area contributed by atoms with Crippen LogP contribution in [0.4, 0.5) is 5.69 Å². The van der Waals surface area contributed by atoms with Crippen molar-refractivity contribution >= 4 is 17.5 Å². The summed E-state index contributed by atoms with van der Waals surface area (Å²) in [6, 6.07) is 5.48. The molecule has 7 nitrogen and oxygen atoms in total. The van der Waals surface area contributed by atoms with Gasteiger partial charge in [-0.15, -0.1) is 0 Å². The lowest BCUT2D eigenvalue weighted by molar-refractivity contribution is -0.128. The predicted octanol–water partition coefficient (Wildman–Crippen LogP) is 0.324. The van der Waals surface area contributed by atoms with Gasteiger partial charge in [-0.3, -0.25) is 9.59 Å². The van der Waals surface area contributed by atoms with E-state index < -0.39 is 12.1 Å². The molecular weight excluding hydrogens is 308 g/mol. The van der Waals surface area contributed by atoms with Crippen molar-refractivity contribution in [2.75, 3.05) is 11.9 Å². The first-order valence-corrected chi connectivity index (χ1v) is 8.15. The zero-order valence-electron chi connectivity index (χ0n) is 14.3. The fourth-order valence-corrected chi connectivity index (χ4v) is 2.08. The maximum atomic E-state index is 12.4. The summed E-state index contributed by atoms with van der Waals surface area (Å²) in [5, 5.41) is 14.5. The minimum absolute atomic E-state index is 0.0192. The third-order valence-electron chi connectivity index (χ3n) is 3.75. The van der Waals surface area contributed by atoms with Crippen LogP contribution in [-0.2, 0) is 16.2 Å². The molecule has 24 heavy (non-hydrogen) atoms. The first kappa shape index (κ1) is 20.1. The molecule has 7 heteroatoms. The number of benzene rings is 1. The van der Waals surface area contributed by atoms with Gasteiger partial charge in [-0.05, 0) is 43.0 Å². The Morgan fingerprint density at radius 2 is 1.79 bits per heavy atom. The lowest BCUT2D eigenvalue weighted by Crippen LogP contribution is -2.51. The highest BCUT2D eigenvalue weighted by Crippen LogP contribution is 2.11. The molecule has 2 amide bonds. The van der Waals surface area contributed by atoms with Gasteiger partial charge in [-0.2, -0.15) is 0 Å². The molecule has 0 heterocycles. The highest BCUT2D eigenvalue weighted by molar-refractivity contribution is 5.97. The molecule has 0 aliphatic carbocycles. The molecule has 0 aliphatic heterocycles. The van der Waals surface area contributed by atoms with E-state index in [1.165, 1.54) is 0 Å². The fraction of sp³-hybridized carbons (Fsp3) is 0.529. The second-order valence-electron chi connectivity index (χ2n) is 6.11. The highest BCUT2D eigenvalue weighted by atomic mass is 16.3. The van der Waals surface area contributed by atoms with Crippen LogP contribution in [0, 0.1) is 5.92 Å². The van der Waals surface area contributed by atoms with Crippen molar-refractivity contribution in [2.45, 2.75) is 45.4 Å². The predicted molar refractivity (Wildman–Crippen MR) is 94.0 cm³/mol. The van der Waals surface area contributed by atoms with E-state index in [4.69, 9.17) is 16.6 Å². The average molecular weight is 336 g/mol. The van der Waals surface area contributed by atoms with Crippen LogP contribution in [0.3, 0.4) is 0 Å². The molecule has 0 spiro atoms. The van der Waals surface area contributed by atoms with Crippen LogP contribution in [-0.4, -0.2) is 35.5 Å². The summed E-state index contributed by atoms with van der Waals surface area (Å²) in [6.45, 7) is 4.07. The number of amides is 2. The maximum Gasteiger partial charge on any atom is 0.246 e. The standard InChI is InChI=1S/C17H28N4O3/c1-11(2)15(19)17(24)21-14(4-3-9-18)16(23)20-13-7-5-12(10-22)6-8-13/h5-8,11,14-15,22H,3-4,9-10,18-19H2,1-2H3,(H,20,23)(H,21,24)/t14-,15-/m0/s1. The molecular formula is C17H28N4O3. The van der Waals surface area contributed by atoms with Crippen molar-refractivity contribution in [3.05, 3.63) is 29.8 Å². The van der Waals surface area contributed by atoms with Crippen LogP contribution in [0.2, 0.25) is 0 Å². The Bertz CT molecular complexity index is 531. The van der Waals surface area contributed by atoms with Crippen molar-refractivity contribution < 1.29 is 14.7 Å². The van der Waals surface area contributed by atoms with Crippen molar-refractivity contribution in [1.82, 2.24) is 5.32 Å². The van der Waals surface area contributed by atoms with Crippen molar-refractivity contribution in [2.24, 2.45) is 17.4 Å². The summed E-state index contributed by atoms with van der Waals surface area (Å²) in [5.41, 5.74) is 12.7. The third kappa shape index (κ3) is 6.27. The Labute approximate surface area is 142 Å². The van der Waals surface area contributed by atoms with Gasteiger partial charge >= 0.3 is 0 Å². The zero-order valence-corrected chi connectivity index (χ0v) is 14.3. The van der Waals surface area contributed by atoms with E-state index >= 15 is 0 Å². The number of carbonyl (C=O) groups is 2. The summed E-state index contributed by atoms with van der Waals surface area (Å²) < 4.78 is 0. The van der Waals surface area contributed by atoms with E-state index in [-0.39, 0.29) is 24.3 Å². The van der Waals surface area contributed by atoms with Crippen molar-refractivity contribution in [3.8, 4) is 0 Å². The van der Waals surface area contributed by atoms with E-state index in [2.05, 4.69) is 10.6 Å². The van der Waals surface area contributed by atoms with E-state index in [0.29, 0.717) is 25.1 Å². The Morgan fingerprint density at radius 3 is 2.29 bits per heavy atom. The minimum Gasteiger partial charge on any atom is -0.392 e. The molecule has 0 saturated heterocycles. The summed E-state index contributed by atoms with van der Waals surface area (Å²) in [5.74, 6) is -0.684. The number of hydrogen-bond acceptors (Lipinski definition) is 5. The van der Waals surface area contributed by atoms with Gasteiger partial charge in [0, 0.05) is 5.69 Å². The molecule has 1 aromatic rings. The smallest absolute Gasteiger partial charge is 0.246 e. The summed E-state index contributed by atoms with van der Waals surface area (Å²) >= 11 is 0. The number of rotatable bonds is 9. The van der Waals surface area contributed by atoms with Crippen molar-refractivity contribution in [1.29, 1.82) is 0 Å². The minimum atomic E-state index is -0.691. The molecule has 0 aliphatic rings. The number of nitrogens with two attached hydrogens (primary N) is 2. The molecule has 0 aromatic heterocycles. The van der Waals surface area contributed by atoms with Gasteiger partial charge in [0.05, 0.1) is 12.6 Å². The number of hydrogen-bond donors (Lipinski definition) is 5. The average Bonchev–Trinajstić information content (AvgIpc) is 2.58. The summed E-state index contributed by atoms with van der Waals surface area (Å²) in [4.78, 5) is 24.6. The molecule has 2 atom stereocenters. The van der Waals surface area contributed by atoms with Gasteiger partial charge in [0.25, 0.3) is 0 Å². The topological polar surface area (TPSA) is 130 Å². The van der Waals surface area contributed by atoms with Crippen molar-refractivity contribution in [3.63, 3.8) is 0 Å². The molecule has 7 N–H and O–H groups in total. The number of aliphatic hydroxyl groups excluding tert-OH is 1. The normalized spacial score (nSPS) is 13.4. The molecule has 134 valence electrons. The highest BCUT2D eigenvalue weighted by Gasteiger charge is 2.24. The van der Waals surface area contributed by atoms with Crippen LogP contribution in [0.25, 0.3) is 0 Å². The maximum absolute atomic E-state index is 12.4. The Balaban J connectivity index is 2.74. The van der Waals surface area contributed by atoms with Crippen LogP contribution in [0.5, 0.6) is 0 Å². The van der Waals surface area contributed by atoms with Gasteiger partial charge in [-0.1, -0.05) is 26.0 Å². The number of nitrogens with one attached hydrogen (secondary N) is 2. The third-order valence-corrected chi connectivity index (χ3v) is 3.75. The van der Waals surface area contributed by atoms with Crippen LogP contribution >= 0.6 is 0 Å². The zero-order chi connectivity index (χ0) is 18.1. The first-order valence-electron chi connectivity index (χ1n) is 8.15. The summed E-state index contributed by atoms with van der Waals surface area (Å²) in [7, 11) is 0. The lowest BCUT2D eigenvalue weighted by Gasteiger charge is -2.22. The van der Waals surface area contributed by atoms with Gasteiger partial charge in [0.15, 0.2) is 0 Å². The molecule has 0 fully saturated rings. The number of anilines is 1. The lowest BCUT2D eigenvalue weighted by atomic mass is 10.0. The summed E-state index contributed by atoms with van der Waals surface area (Å²) in [6.07, 6.45) is 1.05. The molecule has 0 radical (unpaired) electrons. The Kier molecular flexibility index (Phi) is 8.39.